The molecule has 2 amide bonds. The lowest BCUT2D eigenvalue weighted by molar-refractivity contribution is -0.137. The second-order valence-electron chi connectivity index (χ2n) is 4.73. The van der Waals surface area contributed by atoms with Gasteiger partial charge in [0.25, 0.3) is 0 Å². The molecular weight excluding hydrogens is 270 g/mol. The lowest BCUT2D eigenvalue weighted by Gasteiger charge is -2.08. The van der Waals surface area contributed by atoms with Crippen LogP contribution >= 0.6 is 0 Å². The summed E-state index contributed by atoms with van der Waals surface area (Å²) in [5, 5.41) is 17.1. The van der Waals surface area contributed by atoms with Crippen LogP contribution in [0.15, 0.2) is 24.3 Å². The molecule has 0 radical (unpaired) electrons. The van der Waals surface area contributed by atoms with Crippen molar-refractivity contribution in [3.05, 3.63) is 29.8 Å². The van der Waals surface area contributed by atoms with Crippen LogP contribution in [0.1, 0.15) is 31.7 Å². The maximum Gasteiger partial charge on any atom is 0.315 e. The molecule has 0 atom stereocenters. The molecule has 0 saturated carbocycles. The Morgan fingerprint density at radius 1 is 1.10 bits per heavy atom. The Labute approximate surface area is 124 Å². The van der Waals surface area contributed by atoms with E-state index in [1.54, 1.807) is 0 Å². The second-order valence-corrected chi connectivity index (χ2v) is 4.73. The quantitative estimate of drug-likeness (QED) is 0.525. The maximum atomic E-state index is 11.5. The van der Waals surface area contributed by atoms with Crippen molar-refractivity contribution in [3.8, 4) is 0 Å². The van der Waals surface area contributed by atoms with Crippen LogP contribution in [0.2, 0.25) is 0 Å². The molecule has 1 aromatic carbocycles. The zero-order chi connectivity index (χ0) is 15.5. The second kappa shape index (κ2) is 9.63. The number of carbonyl (C=O) groups is 2. The van der Waals surface area contributed by atoms with Gasteiger partial charge in [-0.25, -0.2) is 4.79 Å². The number of carboxylic acids is 1. The van der Waals surface area contributed by atoms with Gasteiger partial charge in [-0.15, -0.1) is 0 Å². The predicted octanol–water partition coefficient (Wildman–Crippen LogP) is 2.17. The molecule has 0 fully saturated rings. The fourth-order valence-corrected chi connectivity index (χ4v) is 1.70. The average molecular weight is 293 g/mol. The van der Waals surface area contributed by atoms with E-state index in [0.717, 1.165) is 24.2 Å². The maximum absolute atomic E-state index is 11.5. The van der Waals surface area contributed by atoms with Gasteiger partial charge in [0, 0.05) is 31.7 Å². The third kappa shape index (κ3) is 7.81. The Morgan fingerprint density at radius 3 is 2.43 bits per heavy atom. The Kier molecular flexibility index (Phi) is 7.71. The smallest absolute Gasteiger partial charge is 0.315 e. The van der Waals surface area contributed by atoms with Crippen molar-refractivity contribution in [2.45, 2.75) is 32.7 Å². The first kappa shape index (κ1) is 16.8. The molecule has 0 saturated heterocycles. The highest BCUT2D eigenvalue weighted by molar-refractivity contribution is 5.74. The molecule has 1 rings (SSSR count). The van der Waals surface area contributed by atoms with Crippen LogP contribution in [0.4, 0.5) is 10.5 Å². The number of hydrogen-bond donors (Lipinski definition) is 4. The van der Waals surface area contributed by atoms with E-state index in [4.69, 9.17) is 5.11 Å². The summed E-state index contributed by atoms with van der Waals surface area (Å²) in [6.07, 6.45) is 1.57. The molecule has 0 aliphatic carbocycles. The van der Waals surface area contributed by atoms with Crippen LogP contribution in [0.5, 0.6) is 0 Å². The molecule has 0 spiro atoms. The summed E-state index contributed by atoms with van der Waals surface area (Å²) in [6, 6.07) is 7.61. The monoisotopic (exact) mass is 293 g/mol. The van der Waals surface area contributed by atoms with Crippen LogP contribution in [0.3, 0.4) is 0 Å². The van der Waals surface area contributed by atoms with Crippen molar-refractivity contribution in [3.63, 3.8) is 0 Å². The average Bonchev–Trinajstić information content (AvgIpc) is 2.48. The van der Waals surface area contributed by atoms with E-state index >= 15 is 0 Å². The number of carboxylic acid groups (broad SMARTS) is 1. The van der Waals surface area contributed by atoms with E-state index in [1.807, 2.05) is 24.3 Å². The van der Waals surface area contributed by atoms with Crippen molar-refractivity contribution in [2.24, 2.45) is 0 Å². The summed E-state index contributed by atoms with van der Waals surface area (Å²) in [6.45, 7) is 3.85. The van der Waals surface area contributed by atoms with Gasteiger partial charge in [-0.3, -0.25) is 4.79 Å². The lowest BCUT2D eigenvalue weighted by Crippen LogP contribution is -2.35. The van der Waals surface area contributed by atoms with Crippen LogP contribution in [0.25, 0.3) is 0 Å². The molecule has 0 aliphatic rings. The number of rotatable bonds is 9. The highest BCUT2D eigenvalue weighted by Gasteiger charge is 2.01. The van der Waals surface area contributed by atoms with Crippen LogP contribution in [-0.4, -0.2) is 30.2 Å². The van der Waals surface area contributed by atoms with Gasteiger partial charge in [0.2, 0.25) is 0 Å². The minimum atomic E-state index is -0.853. The molecule has 0 aliphatic heterocycles. The molecule has 1 aromatic rings. The minimum Gasteiger partial charge on any atom is -0.481 e. The molecule has 6 nitrogen and oxygen atoms in total. The Hall–Kier alpha value is -2.24. The van der Waals surface area contributed by atoms with Gasteiger partial charge in [-0.2, -0.15) is 0 Å². The van der Waals surface area contributed by atoms with Crippen molar-refractivity contribution in [1.82, 2.24) is 10.6 Å². The van der Waals surface area contributed by atoms with Crippen LogP contribution in [0, 0.1) is 0 Å². The molecule has 0 aromatic heterocycles. The summed E-state index contributed by atoms with van der Waals surface area (Å²) in [7, 11) is 0. The fraction of sp³-hybridized carbons (Fsp3) is 0.467. The summed E-state index contributed by atoms with van der Waals surface area (Å²) >= 11 is 0. The van der Waals surface area contributed by atoms with E-state index < -0.39 is 5.97 Å². The SMILES string of the molecule is CCCNc1ccc(CNC(=O)NCCCC(=O)O)cc1. The number of carbonyl (C=O) groups excluding carboxylic acids is 1. The van der Waals surface area contributed by atoms with Crippen molar-refractivity contribution >= 4 is 17.7 Å². The molecule has 6 heteroatoms. The van der Waals surface area contributed by atoms with E-state index in [-0.39, 0.29) is 12.5 Å². The van der Waals surface area contributed by atoms with Gasteiger partial charge in [0.15, 0.2) is 0 Å². The predicted molar refractivity (Wildman–Crippen MR) is 82.3 cm³/mol. The van der Waals surface area contributed by atoms with Gasteiger partial charge >= 0.3 is 12.0 Å². The van der Waals surface area contributed by atoms with Gasteiger partial charge in [-0.05, 0) is 30.5 Å². The molecule has 0 heterocycles. The largest absolute Gasteiger partial charge is 0.481 e. The number of aliphatic carboxylic acids is 1. The van der Waals surface area contributed by atoms with Crippen LogP contribution < -0.4 is 16.0 Å². The zero-order valence-electron chi connectivity index (χ0n) is 12.3. The minimum absolute atomic E-state index is 0.0620. The summed E-state index contributed by atoms with van der Waals surface area (Å²) in [5.41, 5.74) is 2.08. The molecule has 21 heavy (non-hydrogen) atoms. The van der Waals surface area contributed by atoms with Gasteiger partial charge in [0.05, 0.1) is 0 Å². The number of hydrogen-bond acceptors (Lipinski definition) is 3. The first-order valence-electron chi connectivity index (χ1n) is 7.18. The third-order valence-electron chi connectivity index (χ3n) is 2.84. The molecule has 4 N–H and O–H groups in total. The zero-order valence-corrected chi connectivity index (χ0v) is 12.3. The first-order chi connectivity index (χ1) is 10.1. The van der Waals surface area contributed by atoms with E-state index in [0.29, 0.717) is 19.5 Å². The number of urea groups is 1. The Bertz CT molecular complexity index is 446. The Morgan fingerprint density at radius 2 is 1.81 bits per heavy atom. The third-order valence-corrected chi connectivity index (χ3v) is 2.84. The Balaban J connectivity index is 2.21. The van der Waals surface area contributed by atoms with Crippen molar-refractivity contribution in [2.75, 3.05) is 18.4 Å². The molecule has 0 unspecified atom stereocenters. The standard InChI is InChI=1S/C15H23N3O3/c1-2-9-16-13-7-5-12(6-8-13)11-18-15(21)17-10-3-4-14(19)20/h5-8,16H,2-4,9-11H2,1H3,(H,19,20)(H2,17,18,21). The highest BCUT2D eigenvalue weighted by atomic mass is 16.4. The van der Waals surface area contributed by atoms with E-state index in [9.17, 15) is 9.59 Å². The number of anilines is 1. The van der Waals surface area contributed by atoms with Gasteiger partial charge in [0.1, 0.15) is 0 Å². The molecule has 116 valence electrons. The first-order valence-corrected chi connectivity index (χ1v) is 7.18. The summed E-state index contributed by atoms with van der Waals surface area (Å²) in [5.74, 6) is -0.853. The van der Waals surface area contributed by atoms with Crippen LogP contribution in [-0.2, 0) is 11.3 Å². The molecular formula is C15H23N3O3. The number of benzene rings is 1. The normalized spacial score (nSPS) is 9.95. The van der Waals surface area contributed by atoms with E-state index in [1.165, 1.54) is 0 Å². The number of nitrogens with one attached hydrogen (secondary N) is 3. The van der Waals surface area contributed by atoms with E-state index in [2.05, 4.69) is 22.9 Å². The van der Waals surface area contributed by atoms with Gasteiger partial charge < -0.3 is 21.1 Å². The lowest BCUT2D eigenvalue weighted by atomic mass is 10.2. The van der Waals surface area contributed by atoms with Gasteiger partial charge in [-0.1, -0.05) is 19.1 Å². The summed E-state index contributed by atoms with van der Waals surface area (Å²) < 4.78 is 0. The summed E-state index contributed by atoms with van der Waals surface area (Å²) in [4.78, 5) is 21.8. The molecule has 0 bridgehead atoms. The fourth-order valence-electron chi connectivity index (χ4n) is 1.70. The highest BCUT2D eigenvalue weighted by Crippen LogP contribution is 2.09. The topological polar surface area (TPSA) is 90.5 Å². The number of amides is 2. The van der Waals surface area contributed by atoms with Crippen molar-refractivity contribution < 1.29 is 14.7 Å². The van der Waals surface area contributed by atoms with Crippen molar-refractivity contribution in [1.29, 1.82) is 0 Å².